The Morgan fingerprint density at radius 1 is 1.16 bits per heavy atom. The first-order chi connectivity index (χ1) is 9.04. The lowest BCUT2D eigenvalue weighted by Crippen LogP contribution is -2.15. The van der Waals surface area contributed by atoms with Gasteiger partial charge in [-0.3, -0.25) is 4.79 Å². The molecule has 0 fully saturated rings. The second-order valence-electron chi connectivity index (χ2n) is 4.05. The van der Waals surface area contributed by atoms with Crippen LogP contribution in [0.15, 0.2) is 23.3 Å². The van der Waals surface area contributed by atoms with Crippen molar-refractivity contribution >= 4 is 0 Å². The maximum atomic E-state index is 13.7. The fraction of sp³-hybridized carbons (Fsp3) is 0.231. The third-order valence-electron chi connectivity index (χ3n) is 2.71. The summed E-state index contributed by atoms with van der Waals surface area (Å²) in [6, 6.07) is 1.16. The Kier molecular flexibility index (Phi) is 3.69. The third kappa shape index (κ3) is 2.52. The van der Waals surface area contributed by atoms with Gasteiger partial charge in [-0.05, 0) is 12.5 Å². The highest BCUT2D eigenvalue weighted by atomic mass is 19.2. The molecule has 19 heavy (non-hydrogen) atoms. The van der Waals surface area contributed by atoms with E-state index in [1.54, 1.807) is 0 Å². The van der Waals surface area contributed by atoms with E-state index in [1.165, 1.54) is 0 Å². The Balaban J connectivity index is 2.68. The van der Waals surface area contributed by atoms with Gasteiger partial charge in [0.1, 0.15) is 5.82 Å². The van der Waals surface area contributed by atoms with Crippen LogP contribution in [0, 0.1) is 17.5 Å². The van der Waals surface area contributed by atoms with Gasteiger partial charge in [-0.15, -0.1) is 0 Å². The summed E-state index contributed by atoms with van der Waals surface area (Å²) >= 11 is 0. The molecule has 0 bridgehead atoms. The average molecular weight is 268 g/mol. The molecule has 2 rings (SSSR count). The van der Waals surface area contributed by atoms with Crippen molar-refractivity contribution in [1.82, 2.24) is 9.97 Å². The predicted molar refractivity (Wildman–Crippen MR) is 64.2 cm³/mol. The number of benzene rings is 1. The number of rotatable bonds is 3. The first-order valence-corrected chi connectivity index (χ1v) is 5.76. The van der Waals surface area contributed by atoms with Gasteiger partial charge in [0.25, 0.3) is 5.56 Å². The summed E-state index contributed by atoms with van der Waals surface area (Å²) < 4.78 is 39.8. The van der Waals surface area contributed by atoms with E-state index in [-0.39, 0.29) is 16.8 Å². The number of hydrogen-bond donors (Lipinski definition) is 1. The van der Waals surface area contributed by atoms with Crippen molar-refractivity contribution in [3.05, 3.63) is 51.8 Å². The number of nitrogens with one attached hydrogen (secondary N) is 1. The Bertz CT molecular complexity index is 667. The molecule has 0 radical (unpaired) electrons. The molecule has 0 amide bonds. The lowest BCUT2D eigenvalue weighted by atomic mass is 10.0. The number of aromatic amines is 1. The number of hydrogen-bond acceptors (Lipinski definition) is 2. The summed E-state index contributed by atoms with van der Waals surface area (Å²) in [5.74, 6) is -3.40. The van der Waals surface area contributed by atoms with Crippen molar-refractivity contribution in [3.8, 4) is 11.3 Å². The molecular formula is C13H11F3N2O. The molecule has 0 spiro atoms. The van der Waals surface area contributed by atoms with Crippen LogP contribution in [0.5, 0.6) is 0 Å². The summed E-state index contributed by atoms with van der Waals surface area (Å²) in [6.07, 6.45) is 2.13. The number of aromatic nitrogens is 2. The van der Waals surface area contributed by atoms with E-state index >= 15 is 0 Å². The van der Waals surface area contributed by atoms with Gasteiger partial charge < -0.3 is 4.98 Å². The van der Waals surface area contributed by atoms with E-state index in [0.29, 0.717) is 25.0 Å². The van der Waals surface area contributed by atoms with Crippen molar-refractivity contribution < 1.29 is 13.2 Å². The molecule has 0 atom stereocenters. The monoisotopic (exact) mass is 268 g/mol. The first-order valence-electron chi connectivity index (χ1n) is 5.76. The smallest absolute Gasteiger partial charge is 0.254 e. The van der Waals surface area contributed by atoms with Gasteiger partial charge in [0.2, 0.25) is 0 Å². The predicted octanol–water partition coefficient (Wildman–Crippen LogP) is 2.81. The minimum absolute atomic E-state index is 0.0435. The van der Waals surface area contributed by atoms with Gasteiger partial charge in [0, 0.05) is 17.2 Å². The molecule has 0 unspecified atom stereocenters. The van der Waals surface area contributed by atoms with Crippen molar-refractivity contribution in [2.45, 2.75) is 19.8 Å². The van der Waals surface area contributed by atoms with Crippen LogP contribution in [0.3, 0.4) is 0 Å². The zero-order chi connectivity index (χ0) is 14.0. The largest absolute Gasteiger partial charge is 0.313 e. The maximum Gasteiger partial charge on any atom is 0.254 e. The Labute approximate surface area is 107 Å². The standard InChI is InChI=1S/C13H11F3N2O/c1-2-3-7-12(17-6-18-13(7)19)8-4-10(15)11(16)5-9(8)14/h4-6H,2-3H2,1H3,(H,17,18,19). The van der Waals surface area contributed by atoms with E-state index in [9.17, 15) is 18.0 Å². The van der Waals surface area contributed by atoms with Gasteiger partial charge in [0.15, 0.2) is 11.6 Å². The molecule has 0 aliphatic heterocycles. The van der Waals surface area contributed by atoms with Gasteiger partial charge in [-0.2, -0.15) is 0 Å². The minimum Gasteiger partial charge on any atom is -0.313 e. The van der Waals surface area contributed by atoms with Crippen molar-refractivity contribution in [3.63, 3.8) is 0 Å². The first kappa shape index (κ1) is 13.3. The molecule has 6 heteroatoms. The van der Waals surface area contributed by atoms with Crippen LogP contribution in [0.4, 0.5) is 13.2 Å². The molecule has 0 aliphatic carbocycles. The fourth-order valence-electron chi connectivity index (χ4n) is 1.85. The molecule has 0 aliphatic rings. The number of nitrogens with zero attached hydrogens (tertiary/aromatic N) is 1. The van der Waals surface area contributed by atoms with Crippen LogP contribution in [0.1, 0.15) is 18.9 Å². The molecule has 0 saturated heterocycles. The second kappa shape index (κ2) is 5.26. The Morgan fingerprint density at radius 3 is 2.53 bits per heavy atom. The van der Waals surface area contributed by atoms with E-state index in [4.69, 9.17) is 0 Å². The van der Waals surface area contributed by atoms with E-state index < -0.39 is 23.0 Å². The summed E-state index contributed by atoms with van der Waals surface area (Å²) in [6.45, 7) is 1.85. The molecule has 2 aromatic rings. The van der Waals surface area contributed by atoms with Crippen LogP contribution >= 0.6 is 0 Å². The van der Waals surface area contributed by atoms with E-state index in [2.05, 4.69) is 9.97 Å². The van der Waals surface area contributed by atoms with Crippen molar-refractivity contribution in [1.29, 1.82) is 0 Å². The molecule has 1 heterocycles. The molecule has 1 N–H and O–H groups in total. The SMILES string of the molecule is CCCc1c(-c2cc(F)c(F)cc2F)nc[nH]c1=O. The van der Waals surface area contributed by atoms with Crippen LogP contribution in [0.25, 0.3) is 11.3 Å². The Morgan fingerprint density at radius 2 is 1.84 bits per heavy atom. The van der Waals surface area contributed by atoms with Crippen molar-refractivity contribution in [2.75, 3.05) is 0 Å². The highest BCUT2D eigenvalue weighted by Crippen LogP contribution is 2.25. The lowest BCUT2D eigenvalue weighted by molar-refractivity contribution is 0.496. The third-order valence-corrected chi connectivity index (χ3v) is 2.71. The number of H-pyrrole nitrogens is 1. The van der Waals surface area contributed by atoms with E-state index in [1.807, 2.05) is 6.92 Å². The lowest BCUT2D eigenvalue weighted by Gasteiger charge is -2.08. The van der Waals surface area contributed by atoms with Gasteiger partial charge in [-0.1, -0.05) is 13.3 Å². The van der Waals surface area contributed by atoms with Gasteiger partial charge >= 0.3 is 0 Å². The highest BCUT2D eigenvalue weighted by Gasteiger charge is 2.17. The number of halogens is 3. The van der Waals surface area contributed by atoms with Gasteiger partial charge in [-0.25, -0.2) is 18.2 Å². The van der Waals surface area contributed by atoms with Crippen LogP contribution in [0.2, 0.25) is 0 Å². The summed E-state index contributed by atoms with van der Waals surface area (Å²) in [7, 11) is 0. The molecule has 3 nitrogen and oxygen atoms in total. The zero-order valence-corrected chi connectivity index (χ0v) is 10.1. The minimum atomic E-state index is -1.27. The van der Waals surface area contributed by atoms with Crippen LogP contribution < -0.4 is 5.56 Å². The van der Waals surface area contributed by atoms with Crippen LogP contribution in [-0.2, 0) is 6.42 Å². The zero-order valence-electron chi connectivity index (χ0n) is 10.1. The molecule has 0 saturated carbocycles. The van der Waals surface area contributed by atoms with Gasteiger partial charge in [0.05, 0.1) is 12.0 Å². The molecule has 1 aromatic carbocycles. The van der Waals surface area contributed by atoms with Crippen LogP contribution in [-0.4, -0.2) is 9.97 Å². The second-order valence-corrected chi connectivity index (χ2v) is 4.05. The Hall–Kier alpha value is -2.11. The molecular weight excluding hydrogens is 257 g/mol. The maximum absolute atomic E-state index is 13.7. The quantitative estimate of drug-likeness (QED) is 0.870. The normalized spacial score (nSPS) is 10.7. The summed E-state index contributed by atoms with van der Waals surface area (Å²) in [4.78, 5) is 17.9. The van der Waals surface area contributed by atoms with Crippen molar-refractivity contribution in [2.24, 2.45) is 0 Å². The fourth-order valence-corrected chi connectivity index (χ4v) is 1.85. The summed E-state index contributed by atoms with van der Waals surface area (Å²) in [5, 5.41) is 0. The molecule has 1 aromatic heterocycles. The highest BCUT2D eigenvalue weighted by molar-refractivity contribution is 5.63. The average Bonchev–Trinajstić information content (AvgIpc) is 2.37. The molecule has 100 valence electrons. The topological polar surface area (TPSA) is 45.8 Å². The van der Waals surface area contributed by atoms with E-state index in [0.717, 1.165) is 6.33 Å². The summed E-state index contributed by atoms with van der Waals surface area (Å²) in [5.41, 5.74) is -0.318.